The molecular formula is C118H136F4O16. The summed E-state index contributed by atoms with van der Waals surface area (Å²) in [6.45, 7) is 26.9. The molecule has 20 heteroatoms. The lowest BCUT2D eigenvalue weighted by atomic mass is 9.76. The summed E-state index contributed by atoms with van der Waals surface area (Å²) in [5.74, 6) is 2.89. The number of carbonyl (C=O) groups excluding carboxylic acids is 2. The van der Waals surface area contributed by atoms with Crippen LogP contribution in [0.4, 0.5) is 17.6 Å². The van der Waals surface area contributed by atoms with E-state index >= 15 is 0 Å². The highest BCUT2D eigenvalue weighted by molar-refractivity contribution is 5.77. The van der Waals surface area contributed by atoms with Crippen molar-refractivity contribution in [2.45, 2.75) is 236 Å². The van der Waals surface area contributed by atoms with Crippen molar-refractivity contribution >= 4 is 23.9 Å². The number of methoxy groups -OCH3 is 6. The highest BCUT2D eigenvalue weighted by Crippen LogP contribution is 2.48. The van der Waals surface area contributed by atoms with Crippen molar-refractivity contribution in [3.05, 3.63) is 331 Å². The zero-order valence-electron chi connectivity index (χ0n) is 79.7. The fourth-order valence-electron chi connectivity index (χ4n) is 17.8. The minimum atomic E-state index is -0.778. The van der Waals surface area contributed by atoms with Crippen LogP contribution in [0.5, 0.6) is 46.0 Å². The van der Waals surface area contributed by atoms with Gasteiger partial charge >= 0.3 is 23.9 Å². The molecule has 4 atom stereocenters. The monoisotopic (exact) mass is 1880 g/mol. The van der Waals surface area contributed by atoms with E-state index in [1.54, 1.807) is 77.0 Å². The van der Waals surface area contributed by atoms with Crippen LogP contribution in [0, 0.1) is 23.3 Å². The van der Waals surface area contributed by atoms with Crippen LogP contribution in [0.3, 0.4) is 0 Å². The van der Waals surface area contributed by atoms with Crippen LogP contribution in [-0.4, -0.2) is 76.7 Å². The third-order valence-corrected chi connectivity index (χ3v) is 25.3. The van der Waals surface area contributed by atoms with E-state index in [-0.39, 0.29) is 123 Å². The van der Waals surface area contributed by atoms with Gasteiger partial charge in [0, 0.05) is 22.3 Å². The lowest BCUT2D eigenvalue weighted by Crippen LogP contribution is -2.21. The number of carboxylic acid groups (broad SMARTS) is 2. The molecular weight excluding hydrogens is 1750 g/mol. The molecule has 2 N–H and O–H groups in total. The first-order valence-electron chi connectivity index (χ1n) is 45.2. The number of fused-ring (bicyclic) bond motifs is 4. The fraction of sp³-hybridized carbons (Fsp3) is 0.356. The highest BCUT2D eigenvalue weighted by atomic mass is 19.1. The van der Waals surface area contributed by atoms with Gasteiger partial charge in [-0.15, -0.1) is 0 Å². The second-order valence-corrected chi connectivity index (χ2v) is 38.9. The summed E-state index contributed by atoms with van der Waals surface area (Å²) >= 11 is 0. The first-order chi connectivity index (χ1) is 63.7. The van der Waals surface area contributed by atoms with E-state index in [0.717, 1.165) is 138 Å². The summed E-state index contributed by atoms with van der Waals surface area (Å²) in [6, 6.07) is 67.1. The van der Waals surface area contributed by atoms with Crippen molar-refractivity contribution in [3.8, 4) is 90.5 Å². The van der Waals surface area contributed by atoms with Crippen molar-refractivity contribution < 1.29 is 94.3 Å². The molecule has 0 unspecified atom stereocenters. The van der Waals surface area contributed by atoms with Crippen LogP contribution >= 0.6 is 0 Å². The molecule has 12 aromatic carbocycles. The van der Waals surface area contributed by atoms with E-state index in [1.165, 1.54) is 60.7 Å². The quantitative estimate of drug-likeness (QED) is 0.0346. The van der Waals surface area contributed by atoms with Gasteiger partial charge < -0.3 is 57.6 Å². The van der Waals surface area contributed by atoms with Gasteiger partial charge in [-0.3, -0.25) is 19.2 Å². The molecule has 16 nitrogen and oxygen atoms in total. The van der Waals surface area contributed by atoms with E-state index in [9.17, 15) is 36.7 Å². The van der Waals surface area contributed by atoms with Crippen LogP contribution in [0.25, 0.3) is 44.5 Å². The summed E-state index contributed by atoms with van der Waals surface area (Å²) in [7, 11) is 9.14. The maximum absolute atomic E-state index is 14.7. The molecule has 4 aliphatic rings. The Balaban J connectivity index is 0.000000204. The summed E-state index contributed by atoms with van der Waals surface area (Å²) in [5.41, 5.74) is 22.0. The van der Waals surface area contributed by atoms with E-state index in [1.807, 2.05) is 109 Å². The minimum absolute atomic E-state index is 0. The predicted octanol–water partition coefficient (Wildman–Crippen LogP) is 28.7. The topological polar surface area (TPSA) is 201 Å². The van der Waals surface area contributed by atoms with E-state index in [2.05, 4.69) is 119 Å². The Morgan fingerprint density at radius 3 is 0.659 bits per heavy atom. The third-order valence-electron chi connectivity index (χ3n) is 25.3. The number of aliphatic carboxylic acids is 2. The molecule has 0 radical (unpaired) electrons. The maximum atomic E-state index is 14.7. The van der Waals surface area contributed by atoms with Crippen LogP contribution in [0.15, 0.2) is 218 Å². The van der Waals surface area contributed by atoms with Gasteiger partial charge in [0.1, 0.15) is 95.7 Å². The highest BCUT2D eigenvalue weighted by Gasteiger charge is 2.35. The number of halogens is 4. The average molecular weight is 1890 g/mol. The molecule has 0 amide bonds. The van der Waals surface area contributed by atoms with Crippen LogP contribution in [0.2, 0.25) is 0 Å². The number of rotatable bonds is 28. The van der Waals surface area contributed by atoms with Gasteiger partial charge in [0.2, 0.25) is 0 Å². The molecule has 0 spiro atoms. The molecule has 0 heterocycles. The molecule has 12 aromatic rings. The second kappa shape index (κ2) is 46.2. The standard InChI is InChI=1S/2C29H31FO4.2C28H29FO4.4CH4/c2*1-29(2,3)26-12-18(6-10-23(26)25-15-21(32-4)9-11-27(25)30)17-34-22-8-7-19-13-20(24(19)16-22)14-28(31)33-5;2*1-28(2,3)25-11-17(5-9-22(25)24-14-20(32-4)8-10-26(24)29)16-33-21-7-6-18-12-19(13-27(30)31)23(18)15-21;;;;/h2*6-12,15-16,20H,13-14,17H2,1-5H3;2*5-11,14-15,19H,12-13,16H2,1-4H3,(H,30,31);4*1H4/t2*20-;2*19-;;;;/m1010..../s1. The number of hydrogen-bond acceptors (Lipinski definition) is 14. The van der Waals surface area contributed by atoms with Gasteiger partial charge in [0.25, 0.3) is 0 Å². The Bertz CT molecular complexity index is 5940. The predicted molar refractivity (Wildman–Crippen MR) is 542 cm³/mol. The third kappa shape index (κ3) is 26.3. The number of carbonyl (C=O) groups is 4. The second-order valence-electron chi connectivity index (χ2n) is 38.9. The number of esters is 2. The van der Waals surface area contributed by atoms with E-state index in [4.69, 9.17) is 57.6 Å². The van der Waals surface area contributed by atoms with E-state index in [0.29, 0.717) is 84.5 Å². The first kappa shape index (κ1) is 108. The number of benzene rings is 12. The van der Waals surface area contributed by atoms with E-state index < -0.39 is 11.9 Å². The van der Waals surface area contributed by atoms with Gasteiger partial charge in [0.15, 0.2) is 0 Å². The van der Waals surface area contributed by atoms with Crippen molar-refractivity contribution in [3.63, 3.8) is 0 Å². The molecule has 4 aliphatic carbocycles. The SMILES string of the molecule is C.C.C.C.COC(=O)C[C@@H]1Cc2ccc(OCc3ccc(-c4cc(OC)ccc4F)c(C(C)(C)C)c3)cc21.COC(=O)C[C@H]1Cc2ccc(OCc3ccc(-c4cc(OC)ccc4F)c(C(C)(C)C)c3)cc21.COc1ccc(F)c(-c2ccc(COc3ccc4c(c3)[C@@H](CC(=O)O)C4)cc2C(C)(C)C)c1.COc1ccc(F)c(-c2ccc(COc3ccc4c(c3)[C@H](CC(=O)O)C4)cc2C(C)(C)C)c1. The largest absolute Gasteiger partial charge is 0.497 e. The van der Waals surface area contributed by atoms with Gasteiger partial charge in [-0.2, -0.15) is 0 Å². The van der Waals surface area contributed by atoms with Crippen molar-refractivity contribution in [1.29, 1.82) is 0 Å². The average Bonchev–Trinajstić information content (AvgIpc) is 0.751. The molecule has 0 saturated carbocycles. The first-order valence-corrected chi connectivity index (χ1v) is 45.2. The lowest BCUT2D eigenvalue weighted by molar-refractivity contribution is -0.142. The molecule has 138 heavy (non-hydrogen) atoms. The van der Waals surface area contributed by atoms with Crippen molar-refractivity contribution in [2.24, 2.45) is 0 Å². The van der Waals surface area contributed by atoms with Crippen LogP contribution < -0.4 is 37.9 Å². The van der Waals surface area contributed by atoms with Crippen molar-refractivity contribution in [1.82, 2.24) is 0 Å². The molecule has 732 valence electrons. The summed E-state index contributed by atoms with van der Waals surface area (Å²) in [6.07, 6.45) is 4.47. The Labute approximate surface area is 813 Å². The Kier molecular flexibility index (Phi) is 36.3. The molecule has 0 aliphatic heterocycles. The fourth-order valence-corrected chi connectivity index (χ4v) is 17.8. The number of carboxylic acids is 2. The van der Waals surface area contributed by atoms with Crippen LogP contribution in [-0.2, 0) is 102 Å². The Hall–Kier alpha value is -13.4. The van der Waals surface area contributed by atoms with Gasteiger partial charge in [-0.1, -0.05) is 210 Å². The zero-order chi connectivity index (χ0) is 96.4. The van der Waals surface area contributed by atoms with Crippen molar-refractivity contribution in [2.75, 3.05) is 42.7 Å². The van der Waals surface area contributed by atoms with Gasteiger partial charge in [-0.05, 0) is 304 Å². The summed E-state index contributed by atoms with van der Waals surface area (Å²) in [4.78, 5) is 45.4. The van der Waals surface area contributed by atoms with Gasteiger partial charge in [-0.25, -0.2) is 17.6 Å². The number of ether oxygens (including phenoxy) is 10. The van der Waals surface area contributed by atoms with Gasteiger partial charge in [0.05, 0.1) is 68.3 Å². The molecule has 16 rings (SSSR count). The Morgan fingerprint density at radius 2 is 0.471 bits per heavy atom. The maximum Gasteiger partial charge on any atom is 0.306 e. The normalized spacial score (nSPS) is 14.4. The summed E-state index contributed by atoms with van der Waals surface area (Å²) < 4.78 is 114. The Morgan fingerprint density at radius 1 is 0.268 bits per heavy atom. The lowest BCUT2D eigenvalue weighted by Gasteiger charge is -2.30. The molecule has 0 saturated heterocycles. The molecule has 0 fully saturated rings. The minimum Gasteiger partial charge on any atom is -0.497 e. The molecule has 0 bridgehead atoms. The molecule has 0 aromatic heterocycles. The smallest absolute Gasteiger partial charge is 0.306 e. The summed E-state index contributed by atoms with van der Waals surface area (Å²) in [5, 5.41) is 18.2. The zero-order valence-corrected chi connectivity index (χ0v) is 79.7. The van der Waals surface area contributed by atoms with Crippen LogP contribution in [0.1, 0.15) is 251 Å². The number of hydrogen-bond donors (Lipinski definition) is 2.